The maximum absolute atomic E-state index is 12.4. The van der Waals surface area contributed by atoms with Gasteiger partial charge < -0.3 is 10.1 Å². The highest BCUT2D eigenvalue weighted by Gasteiger charge is 2.36. The summed E-state index contributed by atoms with van der Waals surface area (Å²) in [4.78, 5) is 38.0. The number of carbonyl (C=O) groups excluding carboxylic acids is 3. The Hall–Kier alpha value is -3.15. The Balaban J connectivity index is 1.40. The van der Waals surface area contributed by atoms with Crippen molar-refractivity contribution in [3.8, 4) is 5.75 Å². The van der Waals surface area contributed by atoms with Crippen molar-refractivity contribution in [3.63, 3.8) is 0 Å². The molecule has 27 heavy (non-hydrogen) atoms. The highest BCUT2D eigenvalue weighted by Crippen LogP contribution is 2.26. The number of amides is 3. The summed E-state index contributed by atoms with van der Waals surface area (Å²) in [6.07, 6.45) is 4.70. The summed E-state index contributed by atoms with van der Waals surface area (Å²) < 4.78 is 5.94. The Kier molecular flexibility index (Phi) is 4.62. The van der Waals surface area contributed by atoms with E-state index in [1.54, 1.807) is 36.4 Å². The quantitative estimate of drug-likeness (QED) is 0.827. The van der Waals surface area contributed by atoms with Gasteiger partial charge >= 0.3 is 0 Å². The molecule has 1 heterocycles. The van der Waals surface area contributed by atoms with Crippen molar-refractivity contribution in [2.24, 2.45) is 0 Å². The molecule has 6 nitrogen and oxygen atoms in total. The van der Waals surface area contributed by atoms with Crippen molar-refractivity contribution >= 4 is 23.4 Å². The van der Waals surface area contributed by atoms with Gasteiger partial charge in [0.05, 0.1) is 17.2 Å². The maximum Gasteiger partial charge on any atom is 0.262 e. The van der Waals surface area contributed by atoms with Crippen molar-refractivity contribution in [3.05, 3.63) is 59.7 Å². The standard InChI is InChI=1S/C21H20N2O4/c24-19(13-23-20(25)17-10-3-4-11-18(17)21(23)26)22-14-6-5-9-16(12-14)27-15-7-1-2-8-15/h3-6,9-12,15H,1-2,7-8,13H2,(H,22,24). The highest BCUT2D eigenvalue weighted by molar-refractivity contribution is 6.22. The van der Waals surface area contributed by atoms with Crippen LogP contribution in [0, 0.1) is 0 Å². The minimum atomic E-state index is -0.441. The minimum absolute atomic E-state index is 0.231. The van der Waals surface area contributed by atoms with E-state index in [1.165, 1.54) is 12.8 Å². The Morgan fingerprint density at radius 1 is 1.00 bits per heavy atom. The van der Waals surface area contributed by atoms with Gasteiger partial charge in [-0.2, -0.15) is 0 Å². The van der Waals surface area contributed by atoms with Crippen LogP contribution in [0.1, 0.15) is 46.4 Å². The molecular formula is C21H20N2O4. The number of imide groups is 1. The predicted octanol–water partition coefficient (Wildman–Crippen LogP) is 3.24. The lowest BCUT2D eigenvalue weighted by Crippen LogP contribution is -2.37. The molecule has 2 aromatic carbocycles. The molecule has 0 spiro atoms. The number of fused-ring (bicyclic) bond motifs is 1. The summed E-state index contributed by atoms with van der Waals surface area (Å²) in [6, 6.07) is 13.8. The van der Waals surface area contributed by atoms with E-state index in [-0.39, 0.29) is 12.6 Å². The van der Waals surface area contributed by atoms with Gasteiger partial charge in [-0.15, -0.1) is 0 Å². The molecule has 0 aromatic heterocycles. The van der Waals surface area contributed by atoms with Crippen molar-refractivity contribution in [1.29, 1.82) is 0 Å². The van der Waals surface area contributed by atoms with Crippen molar-refractivity contribution in [2.45, 2.75) is 31.8 Å². The van der Waals surface area contributed by atoms with Crippen LogP contribution in [-0.4, -0.2) is 35.3 Å². The minimum Gasteiger partial charge on any atom is -0.490 e. The Morgan fingerprint density at radius 3 is 2.33 bits per heavy atom. The van der Waals surface area contributed by atoms with Crippen LogP contribution < -0.4 is 10.1 Å². The number of hydrogen-bond donors (Lipinski definition) is 1. The summed E-state index contributed by atoms with van der Waals surface area (Å²) in [5.74, 6) is -0.601. The van der Waals surface area contributed by atoms with Crippen LogP contribution in [0.5, 0.6) is 5.75 Å². The molecule has 0 atom stereocenters. The molecule has 1 aliphatic carbocycles. The highest BCUT2D eigenvalue weighted by atomic mass is 16.5. The average Bonchev–Trinajstić information content (AvgIpc) is 3.25. The first-order chi connectivity index (χ1) is 13.1. The van der Waals surface area contributed by atoms with Crippen molar-refractivity contribution in [1.82, 2.24) is 4.90 Å². The smallest absolute Gasteiger partial charge is 0.262 e. The first-order valence-electron chi connectivity index (χ1n) is 9.13. The molecule has 1 saturated carbocycles. The van der Waals surface area contributed by atoms with E-state index in [2.05, 4.69) is 5.32 Å². The molecule has 2 aromatic rings. The zero-order valence-electron chi connectivity index (χ0n) is 14.8. The number of carbonyl (C=O) groups is 3. The fraction of sp³-hybridized carbons (Fsp3) is 0.286. The first-order valence-corrected chi connectivity index (χ1v) is 9.13. The van der Waals surface area contributed by atoms with Gasteiger partial charge in [-0.3, -0.25) is 19.3 Å². The average molecular weight is 364 g/mol. The van der Waals surface area contributed by atoms with Crippen molar-refractivity contribution in [2.75, 3.05) is 11.9 Å². The third-order valence-electron chi connectivity index (χ3n) is 4.90. The largest absolute Gasteiger partial charge is 0.490 e. The molecule has 0 bridgehead atoms. The molecule has 1 fully saturated rings. The van der Waals surface area contributed by atoms with Crippen LogP contribution in [0.2, 0.25) is 0 Å². The molecule has 1 aliphatic heterocycles. The Morgan fingerprint density at radius 2 is 1.67 bits per heavy atom. The molecule has 2 aliphatic rings. The number of benzene rings is 2. The number of ether oxygens (including phenoxy) is 1. The zero-order valence-corrected chi connectivity index (χ0v) is 14.8. The van der Waals surface area contributed by atoms with Gasteiger partial charge in [-0.1, -0.05) is 18.2 Å². The zero-order chi connectivity index (χ0) is 18.8. The summed E-state index contributed by atoms with van der Waals surface area (Å²) in [7, 11) is 0. The number of rotatable bonds is 5. The summed E-state index contributed by atoms with van der Waals surface area (Å²) >= 11 is 0. The molecule has 0 saturated heterocycles. The van der Waals surface area contributed by atoms with E-state index >= 15 is 0 Å². The molecule has 1 N–H and O–H groups in total. The molecular weight excluding hydrogens is 344 g/mol. The molecule has 0 unspecified atom stereocenters. The maximum atomic E-state index is 12.4. The molecule has 6 heteroatoms. The molecule has 3 amide bonds. The summed E-state index contributed by atoms with van der Waals surface area (Å²) in [5, 5.41) is 2.74. The molecule has 0 radical (unpaired) electrons. The summed E-state index contributed by atoms with van der Waals surface area (Å²) in [5.41, 5.74) is 1.25. The van der Waals surface area contributed by atoms with Gasteiger partial charge in [0.1, 0.15) is 12.3 Å². The van der Waals surface area contributed by atoms with E-state index in [0.717, 1.165) is 17.7 Å². The third kappa shape index (κ3) is 3.56. The van der Waals surface area contributed by atoms with Crippen molar-refractivity contribution < 1.29 is 19.1 Å². The lowest BCUT2D eigenvalue weighted by Gasteiger charge is -2.15. The van der Waals surface area contributed by atoms with Crippen LogP contribution in [0.3, 0.4) is 0 Å². The van der Waals surface area contributed by atoms with E-state index in [1.807, 2.05) is 12.1 Å². The predicted molar refractivity (Wildman–Crippen MR) is 99.8 cm³/mol. The fourth-order valence-corrected chi connectivity index (χ4v) is 3.57. The Bertz CT molecular complexity index is 868. The lowest BCUT2D eigenvalue weighted by molar-refractivity contribution is -0.116. The van der Waals surface area contributed by atoms with E-state index in [9.17, 15) is 14.4 Å². The number of nitrogens with zero attached hydrogens (tertiary/aromatic N) is 1. The third-order valence-corrected chi connectivity index (χ3v) is 4.90. The van der Waals surface area contributed by atoms with E-state index in [0.29, 0.717) is 22.6 Å². The van der Waals surface area contributed by atoms with Gasteiger partial charge in [0.2, 0.25) is 5.91 Å². The van der Waals surface area contributed by atoms with Gasteiger partial charge in [0.15, 0.2) is 0 Å². The van der Waals surface area contributed by atoms with Crippen LogP contribution in [0.15, 0.2) is 48.5 Å². The van der Waals surface area contributed by atoms with Gasteiger partial charge in [-0.25, -0.2) is 0 Å². The van der Waals surface area contributed by atoms with E-state index < -0.39 is 17.7 Å². The molecule has 4 rings (SSSR count). The fourth-order valence-electron chi connectivity index (χ4n) is 3.57. The van der Waals surface area contributed by atoms with Gasteiger partial charge in [0.25, 0.3) is 11.8 Å². The second-order valence-corrected chi connectivity index (χ2v) is 6.84. The number of anilines is 1. The van der Waals surface area contributed by atoms with E-state index in [4.69, 9.17) is 4.74 Å². The number of nitrogens with one attached hydrogen (secondary N) is 1. The van der Waals surface area contributed by atoms with Crippen LogP contribution in [-0.2, 0) is 4.79 Å². The second-order valence-electron chi connectivity index (χ2n) is 6.84. The van der Waals surface area contributed by atoms with Gasteiger partial charge in [0, 0.05) is 11.8 Å². The first kappa shape index (κ1) is 17.3. The monoisotopic (exact) mass is 364 g/mol. The SMILES string of the molecule is O=C(CN1C(=O)c2ccccc2C1=O)Nc1cccc(OC2CCCC2)c1. The lowest BCUT2D eigenvalue weighted by atomic mass is 10.1. The number of hydrogen-bond acceptors (Lipinski definition) is 4. The van der Waals surface area contributed by atoms with Crippen LogP contribution >= 0.6 is 0 Å². The van der Waals surface area contributed by atoms with Crippen LogP contribution in [0.25, 0.3) is 0 Å². The second kappa shape index (κ2) is 7.23. The normalized spacial score (nSPS) is 16.5. The van der Waals surface area contributed by atoms with Gasteiger partial charge in [-0.05, 0) is 49.9 Å². The van der Waals surface area contributed by atoms with Crippen LogP contribution in [0.4, 0.5) is 5.69 Å². The molecule has 138 valence electrons. The topological polar surface area (TPSA) is 75.7 Å². The summed E-state index contributed by atoms with van der Waals surface area (Å²) in [6.45, 7) is -0.319. The Labute approximate surface area is 157 Å².